The Morgan fingerprint density at radius 3 is 2.45 bits per heavy atom. The number of amides is 1. The van der Waals surface area contributed by atoms with Gasteiger partial charge in [-0.25, -0.2) is 0 Å². The average Bonchev–Trinajstić information content (AvgIpc) is 3.03. The van der Waals surface area contributed by atoms with Crippen molar-refractivity contribution in [3.8, 4) is 0 Å². The molecule has 0 bridgehead atoms. The number of aliphatic hydroxyl groups is 1. The van der Waals surface area contributed by atoms with E-state index in [1.54, 1.807) is 35.5 Å². The molecule has 2 aromatic carbocycles. The lowest BCUT2D eigenvalue weighted by molar-refractivity contribution is -0.139. The second-order valence-electron chi connectivity index (χ2n) is 7.99. The van der Waals surface area contributed by atoms with E-state index in [0.29, 0.717) is 12.1 Å². The van der Waals surface area contributed by atoms with Crippen LogP contribution in [-0.4, -0.2) is 58.8 Å². The van der Waals surface area contributed by atoms with Crippen molar-refractivity contribution in [2.75, 3.05) is 27.2 Å². The van der Waals surface area contributed by atoms with Crippen LogP contribution in [0, 0.1) is 0 Å². The van der Waals surface area contributed by atoms with Gasteiger partial charge in [0.25, 0.3) is 11.7 Å². The summed E-state index contributed by atoms with van der Waals surface area (Å²) >= 11 is 0. The number of rotatable bonds is 6. The largest absolute Gasteiger partial charge is 0.507 e. The standard InChI is InChI=1S/C25H25N3O3/c1-27(2)14-5-15-28-22(18-10-12-26-13-11-18)21(24(30)25(28)31)23(29)20-9-8-17-6-3-4-7-19(17)16-20/h3-4,6-13,16,22,29H,5,14-15H2,1-2H3/b23-21-. The first kappa shape index (κ1) is 20.8. The molecule has 3 aromatic rings. The minimum atomic E-state index is -0.655. The fraction of sp³-hybridized carbons (Fsp3) is 0.240. The van der Waals surface area contributed by atoms with Gasteiger partial charge < -0.3 is 14.9 Å². The summed E-state index contributed by atoms with van der Waals surface area (Å²) in [5.41, 5.74) is 1.39. The van der Waals surface area contributed by atoms with E-state index in [2.05, 4.69) is 4.98 Å². The van der Waals surface area contributed by atoms with Crippen molar-refractivity contribution < 1.29 is 14.7 Å². The van der Waals surface area contributed by atoms with Crippen LogP contribution in [0.4, 0.5) is 0 Å². The maximum Gasteiger partial charge on any atom is 0.295 e. The summed E-state index contributed by atoms with van der Waals surface area (Å²) in [4.78, 5) is 33.6. The second-order valence-corrected chi connectivity index (χ2v) is 7.99. The van der Waals surface area contributed by atoms with Crippen LogP contribution >= 0.6 is 0 Å². The molecule has 0 spiro atoms. The maximum atomic E-state index is 13.0. The SMILES string of the molecule is CN(C)CCCN1C(=O)C(=O)/C(=C(\O)c2ccc3ccccc3c2)C1c1ccncc1. The molecule has 0 aliphatic carbocycles. The molecule has 0 radical (unpaired) electrons. The zero-order valence-electron chi connectivity index (χ0n) is 17.7. The number of likely N-dealkylation sites (tertiary alicyclic amines) is 1. The molecular formula is C25H25N3O3. The molecular weight excluding hydrogens is 390 g/mol. The van der Waals surface area contributed by atoms with Crippen LogP contribution in [0.15, 0.2) is 72.6 Å². The number of ketones is 1. The van der Waals surface area contributed by atoms with Gasteiger partial charge in [0.2, 0.25) is 0 Å². The molecule has 4 rings (SSSR count). The van der Waals surface area contributed by atoms with Gasteiger partial charge in [0.15, 0.2) is 0 Å². The van der Waals surface area contributed by atoms with Gasteiger partial charge in [0.05, 0.1) is 11.6 Å². The molecule has 1 aromatic heterocycles. The highest BCUT2D eigenvalue weighted by atomic mass is 16.3. The first-order valence-electron chi connectivity index (χ1n) is 10.3. The molecule has 1 amide bonds. The number of aromatic nitrogens is 1. The normalized spacial score (nSPS) is 18.3. The molecule has 1 saturated heterocycles. The van der Waals surface area contributed by atoms with Crippen LogP contribution in [0.3, 0.4) is 0 Å². The number of carbonyl (C=O) groups excluding carboxylic acids is 2. The quantitative estimate of drug-likeness (QED) is 0.378. The van der Waals surface area contributed by atoms with Crippen molar-refractivity contribution in [2.45, 2.75) is 12.5 Å². The molecule has 158 valence electrons. The third kappa shape index (κ3) is 4.07. The maximum absolute atomic E-state index is 13.0. The van der Waals surface area contributed by atoms with Gasteiger partial charge >= 0.3 is 0 Å². The Hall–Kier alpha value is -3.51. The molecule has 1 aliphatic rings. The lowest BCUT2D eigenvalue weighted by Gasteiger charge is -2.25. The number of pyridine rings is 1. The molecule has 6 heteroatoms. The average molecular weight is 415 g/mol. The first-order valence-corrected chi connectivity index (χ1v) is 10.3. The van der Waals surface area contributed by atoms with Crippen molar-refractivity contribution >= 4 is 28.2 Å². The highest BCUT2D eigenvalue weighted by Gasteiger charge is 2.45. The molecule has 0 saturated carbocycles. The van der Waals surface area contributed by atoms with Crippen LogP contribution < -0.4 is 0 Å². The Morgan fingerprint density at radius 1 is 1.03 bits per heavy atom. The fourth-order valence-electron chi connectivity index (χ4n) is 4.05. The number of hydrogen-bond donors (Lipinski definition) is 1. The van der Waals surface area contributed by atoms with Gasteiger partial charge in [-0.05, 0) is 61.6 Å². The third-order valence-electron chi connectivity index (χ3n) is 5.59. The van der Waals surface area contributed by atoms with Crippen LogP contribution in [0.5, 0.6) is 0 Å². The van der Waals surface area contributed by atoms with Crippen LogP contribution in [0.1, 0.15) is 23.6 Å². The number of benzene rings is 2. The van der Waals surface area contributed by atoms with Crippen LogP contribution in [0.25, 0.3) is 16.5 Å². The van der Waals surface area contributed by atoms with Gasteiger partial charge in [0.1, 0.15) is 5.76 Å². The van der Waals surface area contributed by atoms with E-state index >= 15 is 0 Å². The van der Waals surface area contributed by atoms with E-state index in [4.69, 9.17) is 0 Å². The van der Waals surface area contributed by atoms with Crippen molar-refractivity contribution in [1.82, 2.24) is 14.8 Å². The van der Waals surface area contributed by atoms with Crippen LogP contribution in [-0.2, 0) is 9.59 Å². The van der Waals surface area contributed by atoms with E-state index in [1.165, 1.54) is 0 Å². The highest BCUT2D eigenvalue weighted by Crippen LogP contribution is 2.39. The van der Waals surface area contributed by atoms with Gasteiger partial charge in [-0.2, -0.15) is 0 Å². The molecule has 1 unspecified atom stereocenters. The Labute approximate surface area is 181 Å². The number of hydrogen-bond acceptors (Lipinski definition) is 5. The summed E-state index contributed by atoms with van der Waals surface area (Å²) in [5, 5.41) is 13.2. The Morgan fingerprint density at radius 2 is 1.74 bits per heavy atom. The zero-order chi connectivity index (χ0) is 22.0. The summed E-state index contributed by atoms with van der Waals surface area (Å²) in [6, 6.07) is 16.3. The van der Waals surface area contributed by atoms with Gasteiger partial charge in [0, 0.05) is 24.5 Å². The number of nitrogens with zero attached hydrogens (tertiary/aromatic N) is 3. The van der Waals surface area contributed by atoms with E-state index < -0.39 is 17.7 Å². The van der Waals surface area contributed by atoms with Gasteiger partial charge in [-0.15, -0.1) is 0 Å². The summed E-state index contributed by atoms with van der Waals surface area (Å²) in [7, 11) is 3.93. The van der Waals surface area contributed by atoms with E-state index in [-0.39, 0.29) is 11.3 Å². The molecule has 1 N–H and O–H groups in total. The molecule has 31 heavy (non-hydrogen) atoms. The number of aliphatic hydroxyl groups excluding tert-OH is 1. The Kier molecular flexibility index (Phi) is 5.82. The predicted molar refractivity (Wildman–Crippen MR) is 120 cm³/mol. The minimum absolute atomic E-state index is 0.122. The van der Waals surface area contributed by atoms with Gasteiger partial charge in [-0.1, -0.05) is 36.4 Å². The molecule has 1 atom stereocenters. The minimum Gasteiger partial charge on any atom is -0.507 e. The fourth-order valence-corrected chi connectivity index (χ4v) is 4.05. The molecule has 2 heterocycles. The Bertz CT molecular complexity index is 1150. The third-order valence-corrected chi connectivity index (χ3v) is 5.59. The van der Waals surface area contributed by atoms with Crippen molar-refractivity contribution in [3.63, 3.8) is 0 Å². The monoisotopic (exact) mass is 415 g/mol. The summed E-state index contributed by atoms with van der Waals surface area (Å²) in [6.07, 6.45) is 3.98. The highest BCUT2D eigenvalue weighted by molar-refractivity contribution is 6.46. The van der Waals surface area contributed by atoms with E-state index in [0.717, 1.165) is 29.3 Å². The van der Waals surface area contributed by atoms with E-state index in [1.807, 2.05) is 55.4 Å². The predicted octanol–water partition coefficient (Wildman–Crippen LogP) is 3.61. The summed E-state index contributed by atoms with van der Waals surface area (Å²) in [6.45, 7) is 1.21. The lowest BCUT2D eigenvalue weighted by atomic mass is 9.95. The lowest BCUT2D eigenvalue weighted by Crippen LogP contribution is -2.32. The second kappa shape index (κ2) is 8.70. The molecule has 1 aliphatic heterocycles. The topological polar surface area (TPSA) is 73.7 Å². The first-order chi connectivity index (χ1) is 15.0. The zero-order valence-corrected chi connectivity index (χ0v) is 17.7. The molecule has 6 nitrogen and oxygen atoms in total. The number of fused-ring (bicyclic) bond motifs is 1. The molecule has 1 fully saturated rings. The number of carbonyl (C=O) groups is 2. The van der Waals surface area contributed by atoms with Gasteiger partial charge in [-0.3, -0.25) is 14.6 Å². The number of Topliss-reactive ketones (excluding diaryl/α,β-unsaturated/α-hetero) is 1. The van der Waals surface area contributed by atoms with Crippen LogP contribution in [0.2, 0.25) is 0 Å². The summed E-state index contributed by atoms with van der Waals surface area (Å²) in [5.74, 6) is -1.39. The smallest absolute Gasteiger partial charge is 0.295 e. The Balaban J connectivity index is 1.80. The van der Waals surface area contributed by atoms with Crippen molar-refractivity contribution in [2.24, 2.45) is 0 Å². The van der Waals surface area contributed by atoms with E-state index in [9.17, 15) is 14.7 Å². The van der Waals surface area contributed by atoms with Crippen molar-refractivity contribution in [3.05, 3.63) is 83.7 Å². The summed E-state index contributed by atoms with van der Waals surface area (Å²) < 4.78 is 0. The van der Waals surface area contributed by atoms with Crippen molar-refractivity contribution in [1.29, 1.82) is 0 Å².